The maximum Gasteiger partial charge on any atom is 0.249 e. The highest BCUT2D eigenvalue weighted by Crippen LogP contribution is 2.30. The summed E-state index contributed by atoms with van der Waals surface area (Å²) in [5.74, 6) is -0.0714. The van der Waals surface area contributed by atoms with Crippen LogP contribution in [0.4, 0.5) is 0 Å². The van der Waals surface area contributed by atoms with E-state index in [1.165, 1.54) is 5.56 Å². The number of aryl methyl sites for hydroxylation is 1. The van der Waals surface area contributed by atoms with Gasteiger partial charge in [-0.15, -0.1) is 0 Å². The van der Waals surface area contributed by atoms with Crippen molar-refractivity contribution in [3.63, 3.8) is 0 Å². The quantitative estimate of drug-likeness (QED) is 0.921. The molecule has 1 aromatic heterocycles. The van der Waals surface area contributed by atoms with E-state index in [1.807, 2.05) is 54.1 Å². The van der Waals surface area contributed by atoms with Crippen molar-refractivity contribution < 1.29 is 9.59 Å². The van der Waals surface area contributed by atoms with Crippen molar-refractivity contribution >= 4 is 11.8 Å². The normalized spacial score (nSPS) is 20.3. The Labute approximate surface area is 154 Å². The van der Waals surface area contributed by atoms with Crippen LogP contribution in [0.2, 0.25) is 0 Å². The van der Waals surface area contributed by atoms with Gasteiger partial charge in [-0.05, 0) is 37.5 Å². The molecule has 1 fully saturated rings. The predicted octanol–water partition coefficient (Wildman–Crippen LogP) is 2.94. The highest BCUT2D eigenvalue weighted by molar-refractivity contribution is 5.90. The first-order valence-electron chi connectivity index (χ1n) is 9.42. The number of hydrogen-bond acceptors (Lipinski definition) is 2. The number of carbonyl (C=O) groups is 2. The number of nitrogens with one attached hydrogen (secondary N) is 1. The van der Waals surface area contributed by atoms with Gasteiger partial charge < -0.3 is 14.8 Å². The number of nitrogens with zero attached hydrogens (tertiary/aromatic N) is 2. The SMILES string of the molecule is Cc1ccc(CN2C(=O)Cn3cccc3C2C(=O)NC2CCCC2)cc1. The lowest BCUT2D eigenvalue weighted by Crippen LogP contribution is -2.50. The third kappa shape index (κ3) is 3.26. The van der Waals surface area contributed by atoms with Crippen molar-refractivity contribution in [3.05, 3.63) is 59.4 Å². The highest BCUT2D eigenvalue weighted by Gasteiger charge is 2.38. The minimum atomic E-state index is -0.562. The Morgan fingerprint density at radius 1 is 1.15 bits per heavy atom. The van der Waals surface area contributed by atoms with E-state index in [0.717, 1.165) is 36.9 Å². The zero-order valence-corrected chi connectivity index (χ0v) is 15.1. The summed E-state index contributed by atoms with van der Waals surface area (Å²) in [7, 11) is 0. The molecule has 0 saturated heterocycles. The Kier molecular flexibility index (Phi) is 4.53. The fourth-order valence-corrected chi connectivity index (χ4v) is 4.06. The molecule has 1 N–H and O–H groups in total. The molecule has 5 nitrogen and oxygen atoms in total. The lowest BCUT2D eigenvalue weighted by Gasteiger charge is -2.36. The maximum absolute atomic E-state index is 13.1. The summed E-state index contributed by atoms with van der Waals surface area (Å²) in [5.41, 5.74) is 3.12. The molecule has 0 radical (unpaired) electrons. The van der Waals surface area contributed by atoms with Crippen LogP contribution in [0.1, 0.15) is 48.5 Å². The van der Waals surface area contributed by atoms with E-state index in [2.05, 4.69) is 5.32 Å². The van der Waals surface area contributed by atoms with Gasteiger partial charge in [-0.1, -0.05) is 42.7 Å². The van der Waals surface area contributed by atoms with Crippen LogP contribution in [0.3, 0.4) is 0 Å². The summed E-state index contributed by atoms with van der Waals surface area (Å²) in [6.07, 6.45) is 6.28. The first-order chi connectivity index (χ1) is 12.6. The highest BCUT2D eigenvalue weighted by atomic mass is 16.2. The summed E-state index contributed by atoms with van der Waals surface area (Å²) in [6.45, 7) is 2.79. The molecular weight excluding hydrogens is 326 g/mol. The van der Waals surface area contributed by atoms with Gasteiger partial charge in [0.2, 0.25) is 11.8 Å². The van der Waals surface area contributed by atoms with E-state index in [1.54, 1.807) is 4.90 Å². The predicted molar refractivity (Wildman–Crippen MR) is 99.3 cm³/mol. The van der Waals surface area contributed by atoms with Crippen molar-refractivity contribution in [2.45, 2.75) is 57.8 Å². The van der Waals surface area contributed by atoms with Gasteiger partial charge in [-0.2, -0.15) is 0 Å². The van der Waals surface area contributed by atoms with Crippen molar-refractivity contribution in [1.29, 1.82) is 0 Å². The van der Waals surface area contributed by atoms with Crippen LogP contribution >= 0.6 is 0 Å². The molecule has 2 amide bonds. The van der Waals surface area contributed by atoms with Gasteiger partial charge in [-0.25, -0.2) is 0 Å². The van der Waals surface area contributed by atoms with E-state index >= 15 is 0 Å². The summed E-state index contributed by atoms with van der Waals surface area (Å²) in [5, 5.41) is 3.18. The molecular formula is C21H25N3O2. The van der Waals surface area contributed by atoms with Crippen LogP contribution in [0.25, 0.3) is 0 Å². The molecule has 136 valence electrons. The lowest BCUT2D eigenvalue weighted by molar-refractivity contribution is -0.144. The molecule has 1 aliphatic carbocycles. The molecule has 2 aliphatic rings. The number of amides is 2. The molecule has 1 unspecified atom stereocenters. The molecule has 26 heavy (non-hydrogen) atoms. The van der Waals surface area contributed by atoms with E-state index in [-0.39, 0.29) is 17.9 Å². The van der Waals surface area contributed by atoms with E-state index in [0.29, 0.717) is 13.1 Å². The minimum Gasteiger partial charge on any atom is -0.351 e. The molecule has 4 rings (SSSR count). The second-order valence-electron chi connectivity index (χ2n) is 7.46. The minimum absolute atomic E-state index is 0.0131. The Hall–Kier alpha value is -2.56. The Morgan fingerprint density at radius 2 is 1.88 bits per heavy atom. The van der Waals surface area contributed by atoms with Gasteiger partial charge in [0.1, 0.15) is 6.54 Å². The number of fused-ring (bicyclic) bond motifs is 1. The van der Waals surface area contributed by atoms with Crippen molar-refractivity contribution in [2.75, 3.05) is 0 Å². The van der Waals surface area contributed by atoms with Crippen LogP contribution in [-0.4, -0.2) is 27.3 Å². The van der Waals surface area contributed by atoms with Gasteiger partial charge in [0, 0.05) is 18.8 Å². The van der Waals surface area contributed by atoms with Gasteiger partial charge in [0.25, 0.3) is 0 Å². The molecule has 1 saturated carbocycles. The zero-order chi connectivity index (χ0) is 18.1. The van der Waals surface area contributed by atoms with E-state index in [4.69, 9.17) is 0 Å². The molecule has 0 spiro atoms. The summed E-state index contributed by atoms with van der Waals surface area (Å²) in [4.78, 5) is 27.6. The van der Waals surface area contributed by atoms with Crippen molar-refractivity contribution in [1.82, 2.24) is 14.8 Å². The third-order valence-electron chi connectivity index (χ3n) is 5.51. The third-order valence-corrected chi connectivity index (χ3v) is 5.51. The van der Waals surface area contributed by atoms with Gasteiger partial charge in [-0.3, -0.25) is 9.59 Å². The van der Waals surface area contributed by atoms with Gasteiger partial charge in [0.15, 0.2) is 6.04 Å². The first-order valence-corrected chi connectivity index (χ1v) is 9.42. The fourth-order valence-electron chi connectivity index (χ4n) is 4.06. The second-order valence-corrected chi connectivity index (χ2v) is 7.46. The fraction of sp³-hybridized carbons (Fsp3) is 0.429. The number of benzene rings is 1. The lowest BCUT2D eigenvalue weighted by atomic mass is 10.0. The molecule has 2 aromatic rings. The molecule has 5 heteroatoms. The maximum atomic E-state index is 13.1. The van der Waals surface area contributed by atoms with Crippen molar-refractivity contribution in [2.24, 2.45) is 0 Å². The molecule has 1 aliphatic heterocycles. The smallest absolute Gasteiger partial charge is 0.249 e. The largest absolute Gasteiger partial charge is 0.351 e. The Bertz CT molecular complexity index is 803. The Balaban J connectivity index is 1.62. The molecule has 1 aromatic carbocycles. The monoisotopic (exact) mass is 351 g/mol. The second kappa shape index (κ2) is 6.98. The topological polar surface area (TPSA) is 54.3 Å². The van der Waals surface area contributed by atoms with Crippen LogP contribution in [0.15, 0.2) is 42.6 Å². The molecule has 1 atom stereocenters. The number of carbonyl (C=O) groups excluding carboxylic acids is 2. The number of aromatic nitrogens is 1. The average Bonchev–Trinajstić information content (AvgIpc) is 3.28. The molecule has 2 heterocycles. The first kappa shape index (κ1) is 16.9. The summed E-state index contributed by atoms with van der Waals surface area (Å²) in [6, 6.07) is 11.7. The van der Waals surface area contributed by atoms with Crippen LogP contribution < -0.4 is 5.32 Å². The molecule has 0 bridgehead atoms. The summed E-state index contributed by atoms with van der Waals surface area (Å²) >= 11 is 0. The Morgan fingerprint density at radius 3 is 2.62 bits per heavy atom. The van der Waals surface area contributed by atoms with Crippen molar-refractivity contribution in [3.8, 4) is 0 Å². The van der Waals surface area contributed by atoms with Crippen LogP contribution in [0.5, 0.6) is 0 Å². The average molecular weight is 351 g/mol. The van der Waals surface area contributed by atoms with Crippen LogP contribution in [-0.2, 0) is 22.7 Å². The van der Waals surface area contributed by atoms with Gasteiger partial charge in [0.05, 0.1) is 5.69 Å². The number of hydrogen-bond donors (Lipinski definition) is 1. The standard InChI is InChI=1S/C21H25N3O2/c1-15-8-10-16(11-9-15)13-24-19(25)14-23-12-4-7-18(23)20(24)21(26)22-17-5-2-3-6-17/h4,7-12,17,20H,2-3,5-6,13-14H2,1H3,(H,22,26). The van der Waals surface area contributed by atoms with E-state index in [9.17, 15) is 9.59 Å². The van der Waals surface area contributed by atoms with Crippen LogP contribution in [0, 0.1) is 6.92 Å². The zero-order valence-electron chi connectivity index (χ0n) is 15.1. The van der Waals surface area contributed by atoms with E-state index < -0.39 is 6.04 Å². The number of rotatable bonds is 4. The van der Waals surface area contributed by atoms with Gasteiger partial charge >= 0.3 is 0 Å². The summed E-state index contributed by atoms with van der Waals surface area (Å²) < 4.78 is 1.90.